The van der Waals surface area contributed by atoms with Crippen LogP contribution >= 0.6 is 0 Å². The number of rotatable bonds is 6. The number of amides is 1. The molecule has 110 valence electrons. The summed E-state index contributed by atoms with van der Waals surface area (Å²) in [7, 11) is 3.87. The maximum absolute atomic E-state index is 11.9. The van der Waals surface area contributed by atoms with Gasteiger partial charge in [0.25, 0.3) is 5.91 Å². The minimum Gasteiger partial charge on any atom is -0.464 e. The molecule has 1 unspecified atom stereocenters. The Morgan fingerprint density at radius 1 is 1.35 bits per heavy atom. The predicted octanol–water partition coefficient (Wildman–Crippen LogP) is 0.577. The van der Waals surface area contributed by atoms with Crippen molar-refractivity contribution in [3.8, 4) is 0 Å². The van der Waals surface area contributed by atoms with Gasteiger partial charge in [-0.2, -0.15) is 0 Å². The summed E-state index contributed by atoms with van der Waals surface area (Å²) in [4.78, 5) is 25.3. The summed E-state index contributed by atoms with van der Waals surface area (Å²) in [6.07, 6.45) is 0. The third-order valence-corrected chi connectivity index (χ3v) is 2.58. The second-order valence-corrected chi connectivity index (χ2v) is 4.61. The Balaban J connectivity index is 2.77. The zero-order valence-corrected chi connectivity index (χ0v) is 12.1. The van der Waals surface area contributed by atoms with E-state index in [2.05, 4.69) is 5.32 Å². The first kappa shape index (κ1) is 16.1. The number of ether oxygens (including phenoxy) is 1. The summed E-state index contributed by atoms with van der Waals surface area (Å²) in [5.74, 6) is -1.30. The molecule has 1 rings (SSSR count). The molecule has 1 amide bonds. The third kappa shape index (κ3) is 4.64. The number of nitrogens with two attached hydrogens (primary N) is 1. The van der Waals surface area contributed by atoms with Crippen LogP contribution < -0.4 is 11.1 Å². The zero-order chi connectivity index (χ0) is 15.1. The Kier molecular flexibility index (Phi) is 6.14. The highest BCUT2D eigenvalue weighted by Gasteiger charge is 2.23. The minimum absolute atomic E-state index is 0.191. The fourth-order valence-electron chi connectivity index (χ4n) is 1.67. The van der Waals surface area contributed by atoms with Gasteiger partial charge in [0.05, 0.1) is 6.61 Å². The highest BCUT2D eigenvalue weighted by molar-refractivity contribution is 6.08. The minimum atomic E-state index is -1.32. The number of carbonyl (C=O) groups excluding carboxylic acids is 2. The molecule has 0 radical (unpaired) electrons. The average molecular weight is 279 g/mol. The summed E-state index contributed by atoms with van der Waals surface area (Å²) in [5, 5.41) is 2.66. The highest BCUT2D eigenvalue weighted by atomic mass is 16.5. The van der Waals surface area contributed by atoms with Gasteiger partial charge < -0.3 is 20.7 Å². The van der Waals surface area contributed by atoms with Crippen molar-refractivity contribution in [3.05, 3.63) is 29.8 Å². The molecular weight excluding hydrogens is 258 g/mol. The van der Waals surface area contributed by atoms with Crippen molar-refractivity contribution in [2.75, 3.05) is 26.0 Å². The largest absolute Gasteiger partial charge is 0.464 e. The standard InChI is InChI=1S/C14H21N3O3/c1-4-20-14(19)12(15)13(18)16-11-8-6-5-7-10(11)9-17(2)3/h5-8,12H,4,9,15H2,1-3H3,(H,16,18). The monoisotopic (exact) mass is 279 g/mol. The molecule has 0 aliphatic rings. The molecule has 0 heterocycles. The van der Waals surface area contributed by atoms with Gasteiger partial charge in [-0.3, -0.25) is 4.79 Å². The van der Waals surface area contributed by atoms with E-state index in [4.69, 9.17) is 10.5 Å². The molecule has 1 aromatic carbocycles. The topological polar surface area (TPSA) is 84.7 Å². The molecule has 3 N–H and O–H groups in total. The van der Waals surface area contributed by atoms with Crippen molar-refractivity contribution in [1.29, 1.82) is 0 Å². The number of hydrogen-bond acceptors (Lipinski definition) is 5. The van der Waals surface area contributed by atoms with Gasteiger partial charge in [0.2, 0.25) is 0 Å². The van der Waals surface area contributed by atoms with Gasteiger partial charge >= 0.3 is 5.97 Å². The van der Waals surface area contributed by atoms with E-state index in [0.29, 0.717) is 12.2 Å². The first-order valence-corrected chi connectivity index (χ1v) is 6.41. The fourth-order valence-corrected chi connectivity index (χ4v) is 1.67. The van der Waals surface area contributed by atoms with Gasteiger partial charge in [0.15, 0.2) is 6.04 Å². The Morgan fingerprint density at radius 3 is 2.60 bits per heavy atom. The van der Waals surface area contributed by atoms with E-state index in [1.807, 2.05) is 37.2 Å². The molecule has 0 bridgehead atoms. The van der Waals surface area contributed by atoms with Crippen molar-refractivity contribution in [1.82, 2.24) is 4.90 Å². The average Bonchev–Trinajstić information content (AvgIpc) is 2.39. The molecule has 1 aromatic rings. The van der Waals surface area contributed by atoms with Crippen LogP contribution in [0.5, 0.6) is 0 Å². The third-order valence-electron chi connectivity index (χ3n) is 2.58. The van der Waals surface area contributed by atoms with Crippen molar-refractivity contribution in [3.63, 3.8) is 0 Å². The molecular formula is C14H21N3O3. The van der Waals surface area contributed by atoms with Crippen LogP contribution in [-0.2, 0) is 20.9 Å². The van der Waals surface area contributed by atoms with Crippen LogP contribution in [0.15, 0.2) is 24.3 Å². The molecule has 0 aromatic heterocycles. The maximum Gasteiger partial charge on any atom is 0.332 e. The van der Waals surface area contributed by atoms with E-state index in [0.717, 1.165) is 5.56 Å². The van der Waals surface area contributed by atoms with Crippen molar-refractivity contribution < 1.29 is 14.3 Å². The first-order chi connectivity index (χ1) is 9.45. The molecule has 0 fully saturated rings. The molecule has 0 aliphatic heterocycles. The lowest BCUT2D eigenvalue weighted by molar-refractivity contribution is -0.146. The van der Waals surface area contributed by atoms with Crippen LogP contribution in [0, 0.1) is 0 Å². The van der Waals surface area contributed by atoms with Crippen molar-refractivity contribution >= 4 is 17.6 Å². The molecule has 0 saturated heterocycles. The SMILES string of the molecule is CCOC(=O)C(N)C(=O)Nc1ccccc1CN(C)C. The lowest BCUT2D eigenvalue weighted by atomic mass is 10.1. The second-order valence-electron chi connectivity index (χ2n) is 4.61. The number of anilines is 1. The molecule has 0 aliphatic carbocycles. The highest BCUT2D eigenvalue weighted by Crippen LogP contribution is 2.16. The molecule has 1 atom stereocenters. The fraction of sp³-hybridized carbons (Fsp3) is 0.429. The number of nitrogens with one attached hydrogen (secondary N) is 1. The van der Waals surface area contributed by atoms with Gasteiger partial charge in [0, 0.05) is 12.2 Å². The summed E-state index contributed by atoms with van der Waals surface area (Å²) in [6.45, 7) is 2.52. The predicted molar refractivity (Wildman–Crippen MR) is 77.1 cm³/mol. The lowest BCUT2D eigenvalue weighted by Gasteiger charge is -2.16. The normalized spacial score (nSPS) is 12.1. The molecule has 20 heavy (non-hydrogen) atoms. The van der Waals surface area contributed by atoms with Gasteiger partial charge in [-0.05, 0) is 32.6 Å². The number of carbonyl (C=O) groups is 2. The van der Waals surface area contributed by atoms with Gasteiger partial charge in [-0.1, -0.05) is 18.2 Å². The van der Waals surface area contributed by atoms with E-state index in [1.54, 1.807) is 13.0 Å². The van der Waals surface area contributed by atoms with Crippen molar-refractivity contribution in [2.24, 2.45) is 5.73 Å². The van der Waals surface area contributed by atoms with Crippen LogP contribution in [-0.4, -0.2) is 43.5 Å². The quantitative estimate of drug-likeness (QED) is 0.587. The number of esters is 1. The smallest absolute Gasteiger partial charge is 0.332 e. The second kappa shape index (κ2) is 7.62. The number of nitrogens with zero attached hydrogens (tertiary/aromatic N) is 1. The number of hydrogen-bond donors (Lipinski definition) is 2. The number of benzene rings is 1. The van der Waals surface area contributed by atoms with E-state index < -0.39 is 17.9 Å². The van der Waals surface area contributed by atoms with E-state index in [1.165, 1.54) is 0 Å². The summed E-state index contributed by atoms with van der Waals surface area (Å²) >= 11 is 0. The molecule has 0 saturated carbocycles. The summed E-state index contributed by atoms with van der Waals surface area (Å²) < 4.78 is 4.72. The van der Waals surface area contributed by atoms with Crippen molar-refractivity contribution in [2.45, 2.75) is 19.5 Å². The molecule has 6 heteroatoms. The lowest BCUT2D eigenvalue weighted by Crippen LogP contribution is -2.43. The molecule has 6 nitrogen and oxygen atoms in total. The van der Waals surface area contributed by atoms with Crippen LogP contribution in [0.1, 0.15) is 12.5 Å². The van der Waals surface area contributed by atoms with E-state index >= 15 is 0 Å². The zero-order valence-electron chi connectivity index (χ0n) is 12.1. The van der Waals surface area contributed by atoms with Crippen LogP contribution in [0.2, 0.25) is 0 Å². The Hall–Kier alpha value is -1.92. The van der Waals surface area contributed by atoms with E-state index in [-0.39, 0.29) is 6.61 Å². The van der Waals surface area contributed by atoms with E-state index in [9.17, 15) is 9.59 Å². The molecule has 0 spiro atoms. The van der Waals surface area contributed by atoms with Gasteiger partial charge in [-0.15, -0.1) is 0 Å². The summed E-state index contributed by atoms with van der Waals surface area (Å²) in [5.41, 5.74) is 7.14. The van der Waals surface area contributed by atoms with Crippen LogP contribution in [0.3, 0.4) is 0 Å². The van der Waals surface area contributed by atoms with Gasteiger partial charge in [-0.25, -0.2) is 4.79 Å². The maximum atomic E-state index is 11.9. The Bertz CT molecular complexity index is 474. The Morgan fingerprint density at radius 2 is 2.00 bits per heavy atom. The Labute approximate surface area is 118 Å². The van der Waals surface area contributed by atoms with Crippen LogP contribution in [0.25, 0.3) is 0 Å². The van der Waals surface area contributed by atoms with Crippen LogP contribution in [0.4, 0.5) is 5.69 Å². The summed E-state index contributed by atoms with van der Waals surface area (Å²) in [6, 6.07) is 6.06. The van der Waals surface area contributed by atoms with Gasteiger partial charge in [0.1, 0.15) is 0 Å². The first-order valence-electron chi connectivity index (χ1n) is 6.41. The number of para-hydroxylation sites is 1.